The van der Waals surface area contributed by atoms with Gasteiger partial charge in [-0.1, -0.05) is 25.7 Å². The maximum absolute atomic E-state index is 12.5. The standard InChI is InChI=1S/C17H25NO2/c1-12-11-18-15(13(2)17(12)20-3)10-16(19)14-8-6-4-5-7-9-14/h11,14H,4-10H2,1-3H3. The molecule has 110 valence electrons. The summed E-state index contributed by atoms with van der Waals surface area (Å²) >= 11 is 0. The van der Waals surface area contributed by atoms with Crippen LogP contribution >= 0.6 is 0 Å². The number of aromatic nitrogens is 1. The van der Waals surface area contributed by atoms with Crippen LogP contribution in [0.2, 0.25) is 0 Å². The number of hydrogen-bond donors (Lipinski definition) is 0. The average Bonchev–Trinajstić information content (AvgIpc) is 2.71. The second kappa shape index (κ2) is 6.87. The quantitative estimate of drug-likeness (QED) is 0.785. The molecule has 0 atom stereocenters. The zero-order chi connectivity index (χ0) is 14.5. The average molecular weight is 275 g/mol. The van der Waals surface area contributed by atoms with Crippen molar-refractivity contribution in [3.8, 4) is 5.75 Å². The van der Waals surface area contributed by atoms with Crippen molar-refractivity contribution in [2.75, 3.05) is 7.11 Å². The molecule has 1 aromatic rings. The lowest BCUT2D eigenvalue weighted by Gasteiger charge is -2.15. The Morgan fingerprint density at radius 3 is 2.50 bits per heavy atom. The molecule has 1 fully saturated rings. The van der Waals surface area contributed by atoms with Crippen molar-refractivity contribution in [1.82, 2.24) is 4.98 Å². The number of ketones is 1. The molecule has 0 unspecified atom stereocenters. The highest BCUT2D eigenvalue weighted by Crippen LogP contribution is 2.27. The van der Waals surface area contributed by atoms with Crippen LogP contribution in [0, 0.1) is 19.8 Å². The minimum Gasteiger partial charge on any atom is -0.496 e. The summed E-state index contributed by atoms with van der Waals surface area (Å²) in [5.74, 6) is 1.46. The number of rotatable bonds is 4. The predicted molar refractivity (Wildman–Crippen MR) is 80.2 cm³/mol. The number of carbonyl (C=O) groups is 1. The van der Waals surface area contributed by atoms with Gasteiger partial charge in [0.25, 0.3) is 0 Å². The maximum atomic E-state index is 12.5. The Labute approximate surface area is 121 Å². The van der Waals surface area contributed by atoms with Gasteiger partial charge in [-0.25, -0.2) is 0 Å². The van der Waals surface area contributed by atoms with Gasteiger partial charge in [0, 0.05) is 29.7 Å². The van der Waals surface area contributed by atoms with Crippen LogP contribution in [0.25, 0.3) is 0 Å². The molecule has 3 nitrogen and oxygen atoms in total. The number of pyridine rings is 1. The Bertz CT molecular complexity index is 474. The molecule has 0 amide bonds. The van der Waals surface area contributed by atoms with Gasteiger partial charge >= 0.3 is 0 Å². The molecule has 1 saturated carbocycles. The van der Waals surface area contributed by atoms with Crippen molar-refractivity contribution in [2.45, 2.75) is 58.8 Å². The van der Waals surface area contributed by atoms with Gasteiger partial charge in [-0.15, -0.1) is 0 Å². The normalized spacial score (nSPS) is 16.8. The largest absolute Gasteiger partial charge is 0.496 e. The van der Waals surface area contributed by atoms with E-state index in [0.717, 1.165) is 35.4 Å². The van der Waals surface area contributed by atoms with Gasteiger partial charge < -0.3 is 4.74 Å². The lowest BCUT2D eigenvalue weighted by Crippen LogP contribution is -2.17. The van der Waals surface area contributed by atoms with Crippen molar-refractivity contribution < 1.29 is 9.53 Å². The summed E-state index contributed by atoms with van der Waals surface area (Å²) < 4.78 is 5.41. The fourth-order valence-electron chi connectivity index (χ4n) is 3.16. The van der Waals surface area contributed by atoms with Gasteiger partial charge in [0.05, 0.1) is 12.8 Å². The Balaban J connectivity index is 2.11. The second-order valence-corrected chi connectivity index (χ2v) is 5.88. The molecule has 1 aliphatic rings. The molecule has 2 rings (SSSR count). The fourth-order valence-corrected chi connectivity index (χ4v) is 3.16. The first-order chi connectivity index (χ1) is 9.63. The third-order valence-corrected chi connectivity index (χ3v) is 4.40. The maximum Gasteiger partial charge on any atom is 0.141 e. The Morgan fingerprint density at radius 1 is 1.25 bits per heavy atom. The molecule has 0 N–H and O–H groups in total. The Kier molecular flexibility index (Phi) is 5.16. The van der Waals surface area contributed by atoms with Crippen LogP contribution in [-0.2, 0) is 11.2 Å². The number of methoxy groups -OCH3 is 1. The van der Waals surface area contributed by atoms with E-state index in [2.05, 4.69) is 4.98 Å². The van der Waals surface area contributed by atoms with Gasteiger partial charge in [0.2, 0.25) is 0 Å². The van der Waals surface area contributed by atoms with Crippen molar-refractivity contribution in [1.29, 1.82) is 0 Å². The van der Waals surface area contributed by atoms with Crippen LogP contribution in [-0.4, -0.2) is 17.9 Å². The molecule has 0 radical (unpaired) electrons. The molecule has 1 aliphatic carbocycles. The fraction of sp³-hybridized carbons (Fsp3) is 0.647. The molecule has 0 spiro atoms. The number of aryl methyl sites for hydroxylation is 1. The lowest BCUT2D eigenvalue weighted by molar-refractivity contribution is -0.122. The molecular formula is C17H25NO2. The molecule has 1 aromatic heterocycles. The molecular weight excluding hydrogens is 250 g/mol. The highest BCUT2D eigenvalue weighted by Gasteiger charge is 2.22. The van der Waals surface area contributed by atoms with Gasteiger partial charge in [0.15, 0.2) is 0 Å². The number of nitrogens with zero attached hydrogens (tertiary/aromatic N) is 1. The molecule has 0 aromatic carbocycles. The predicted octanol–water partition coefficient (Wildman–Crippen LogP) is 3.79. The van der Waals surface area contributed by atoms with Gasteiger partial charge in [0.1, 0.15) is 11.5 Å². The van der Waals surface area contributed by atoms with E-state index in [1.54, 1.807) is 7.11 Å². The van der Waals surface area contributed by atoms with Gasteiger partial charge in [-0.05, 0) is 26.7 Å². The van der Waals surface area contributed by atoms with Crippen LogP contribution in [0.5, 0.6) is 5.75 Å². The SMILES string of the molecule is COc1c(C)cnc(CC(=O)C2CCCCCC2)c1C. The third kappa shape index (κ3) is 3.38. The summed E-state index contributed by atoms with van der Waals surface area (Å²) in [5, 5.41) is 0. The number of hydrogen-bond acceptors (Lipinski definition) is 3. The molecule has 0 saturated heterocycles. The van der Waals surface area contributed by atoms with E-state index in [9.17, 15) is 4.79 Å². The van der Waals surface area contributed by atoms with Crippen LogP contribution < -0.4 is 4.74 Å². The zero-order valence-electron chi connectivity index (χ0n) is 12.9. The minimum atomic E-state index is 0.242. The van der Waals surface area contributed by atoms with Crippen LogP contribution in [0.3, 0.4) is 0 Å². The highest BCUT2D eigenvalue weighted by atomic mass is 16.5. The van der Waals surface area contributed by atoms with E-state index >= 15 is 0 Å². The summed E-state index contributed by atoms with van der Waals surface area (Å²) in [6.07, 6.45) is 9.31. The first-order valence-electron chi connectivity index (χ1n) is 7.65. The summed E-state index contributed by atoms with van der Waals surface area (Å²) in [6, 6.07) is 0. The van der Waals surface area contributed by atoms with Crippen molar-refractivity contribution in [3.05, 3.63) is 23.0 Å². The van der Waals surface area contributed by atoms with Crippen molar-refractivity contribution in [2.24, 2.45) is 5.92 Å². The van der Waals surface area contributed by atoms with Crippen LogP contribution in [0.15, 0.2) is 6.20 Å². The molecule has 3 heteroatoms. The van der Waals surface area contributed by atoms with E-state index in [1.165, 1.54) is 25.7 Å². The first kappa shape index (κ1) is 15.0. The summed E-state index contributed by atoms with van der Waals surface area (Å²) in [6.45, 7) is 3.98. The van der Waals surface area contributed by atoms with E-state index in [-0.39, 0.29) is 5.92 Å². The van der Waals surface area contributed by atoms with Crippen molar-refractivity contribution in [3.63, 3.8) is 0 Å². The summed E-state index contributed by atoms with van der Waals surface area (Å²) in [5.41, 5.74) is 2.91. The first-order valence-corrected chi connectivity index (χ1v) is 7.65. The molecule has 0 aliphatic heterocycles. The Hall–Kier alpha value is -1.38. The minimum absolute atomic E-state index is 0.242. The highest BCUT2D eigenvalue weighted by molar-refractivity contribution is 5.83. The van der Waals surface area contributed by atoms with Crippen LogP contribution in [0.4, 0.5) is 0 Å². The smallest absolute Gasteiger partial charge is 0.141 e. The summed E-state index contributed by atoms with van der Waals surface area (Å²) in [7, 11) is 1.67. The van der Waals surface area contributed by atoms with Gasteiger partial charge in [-0.3, -0.25) is 9.78 Å². The zero-order valence-corrected chi connectivity index (χ0v) is 12.9. The van der Waals surface area contributed by atoms with Crippen molar-refractivity contribution >= 4 is 5.78 Å². The lowest BCUT2D eigenvalue weighted by atomic mass is 9.91. The number of ether oxygens (including phenoxy) is 1. The summed E-state index contributed by atoms with van der Waals surface area (Å²) in [4.78, 5) is 16.9. The van der Waals surface area contributed by atoms with E-state index in [4.69, 9.17) is 4.74 Å². The topological polar surface area (TPSA) is 39.2 Å². The molecule has 1 heterocycles. The number of Topliss-reactive ketones (excluding diaryl/α,β-unsaturated/α-hetero) is 1. The van der Waals surface area contributed by atoms with E-state index < -0.39 is 0 Å². The third-order valence-electron chi connectivity index (χ3n) is 4.40. The van der Waals surface area contributed by atoms with E-state index in [0.29, 0.717) is 12.2 Å². The monoisotopic (exact) mass is 275 g/mol. The molecule has 0 bridgehead atoms. The van der Waals surface area contributed by atoms with E-state index in [1.807, 2.05) is 20.0 Å². The second-order valence-electron chi connectivity index (χ2n) is 5.88. The number of carbonyl (C=O) groups excluding carboxylic acids is 1. The Morgan fingerprint density at radius 2 is 1.90 bits per heavy atom. The molecule has 20 heavy (non-hydrogen) atoms. The van der Waals surface area contributed by atoms with Crippen LogP contribution in [0.1, 0.15) is 55.3 Å². The van der Waals surface area contributed by atoms with Gasteiger partial charge in [-0.2, -0.15) is 0 Å².